The van der Waals surface area contributed by atoms with Gasteiger partial charge < -0.3 is 5.32 Å². The van der Waals surface area contributed by atoms with Crippen molar-refractivity contribution in [3.63, 3.8) is 0 Å². The molecule has 0 saturated carbocycles. The Labute approximate surface area is 126 Å². The largest absolute Gasteiger partial charge is 0.304 e. The molecule has 0 aromatic heterocycles. The van der Waals surface area contributed by atoms with E-state index in [-0.39, 0.29) is 23.7 Å². The number of rotatable bonds is 4. The zero-order valence-corrected chi connectivity index (χ0v) is 12.9. The predicted molar refractivity (Wildman–Crippen MR) is 80.5 cm³/mol. The lowest BCUT2D eigenvalue weighted by molar-refractivity contribution is 0.473. The fourth-order valence-electron chi connectivity index (χ4n) is 2.17. The number of hydrogen-bond acceptors (Lipinski definition) is 1. The van der Waals surface area contributed by atoms with Crippen LogP contribution in [0.3, 0.4) is 0 Å². The lowest BCUT2D eigenvalue weighted by Gasteiger charge is -2.21. The Morgan fingerprint density at radius 3 is 2.20 bits per heavy atom. The Hall–Kier alpha value is -1.26. The van der Waals surface area contributed by atoms with Crippen molar-refractivity contribution >= 4 is 15.9 Å². The smallest absolute Gasteiger partial charge is 0.129 e. The van der Waals surface area contributed by atoms with E-state index in [1.54, 1.807) is 18.2 Å². The highest BCUT2D eigenvalue weighted by Crippen LogP contribution is 2.24. The summed E-state index contributed by atoms with van der Waals surface area (Å²) in [5, 5.41) is 3.31. The second kappa shape index (κ2) is 6.46. The van der Waals surface area contributed by atoms with E-state index in [4.69, 9.17) is 0 Å². The zero-order valence-electron chi connectivity index (χ0n) is 11.3. The highest BCUT2D eigenvalue weighted by Gasteiger charge is 2.14. The van der Waals surface area contributed by atoms with Crippen molar-refractivity contribution in [2.45, 2.75) is 25.9 Å². The molecule has 0 spiro atoms. The summed E-state index contributed by atoms with van der Waals surface area (Å²) in [6.07, 6.45) is 0. The van der Waals surface area contributed by atoms with Gasteiger partial charge in [-0.05, 0) is 43.7 Å². The highest BCUT2D eigenvalue weighted by molar-refractivity contribution is 9.10. The molecule has 0 heterocycles. The van der Waals surface area contributed by atoms with Gasteiger partial charge in [-0.2, -0.15) is 0 Å². The highest BCUT2D eigenvalue weighted by atomic mass is 79.9. The SMILES string of the molecule is CC(N[C@H](C)c1ccc(F)cc1)c1ccc(Br)cc1F. The van der Waals surface area contributed by atoms with Crippen molar-refractivity contribution in [3.8, 4) is 0 Å². The molecule has 1 N–H and O–H groups in total. The molecule has 0 aliphatic heterocycles. The van der Waals surface area contributed by atoms with Gasteiger partial charge >= 0.3 is 0 Å². The molecular formula is C16H16BrF2N. The standard InChI is InChI=1S/C16H16BrF2N/c1-10(12-3-6-14(18)7-4-12)20-11(2)15-8-5-13(17)9-16(15)19/h3-11,20H,1-2H3/t10-,11?/m1/s1. The summed E-state index contributed by atoms with van der Waals surface area (Å²) in [4.78, 5) is 0. The third-order valence-electron chi connectivity index (χ3n) is 3.30. The Kier molecular flexibility index (Phi) is 4.89. The van der Waals surface area contributed by atoms with Crippen molar-refractivity contribution in [2.24, 2.45) is 0 Å². The van der Waals surface area contributed by atoms with Gasteiger partial charge in [0.25, 0.3) is 0 Å². The fourth-order valence-corrected chi connectivity index (χ4v) is 2.50. The minimum atomic E-state index is -0.257. The molecule has 2 atom stereocenters. The molecule has 2 rings (SSSR count). The molecule has 1 nitrogen and oxygen atoms in total. The lowest BCUT2D eigenvalue weighted by atomic mass is 10.0. The molecule has 0 saturated heterocycles. The maximum Gasteiger partial charge on any atom is 0.129 e. The van der Waals surface area contributed by atoms with Gasteiger partial charge in [0.1, 0.15) is 11.6 Å². The quantitative estimate of drug-likeness (QED) is 0.813. The number of nitrogens with one attached hydrogen (secondary N) is 1. The Morgan fingerprint density at radius 1 is 0.950 bits per heavy atom. The van der Waals surface area contributed by atoms with Gasteiger partial charge in [0.05, 0.1) is 0 Å². The van der Waals surface area contributed by atoms with Crippen molar-refractivity contribution < 1.29 is 8.78 Å². The summed E-state index contributed by atoms with van der Waals surface area (Å²) in [5.74, 6) is -0.501. The van der Waals surface area contributed by atoms with E-state index in [1.165, 1.54) is 18.2 Å². The van der Waals surface area contributed by atoms with Gasteiger partial charge in [-0.1, -0.05) is 34.1 Å². The third-order valence-corrected chi connectivity index (χ3v) is 3.79. The molecule has 0 bridgehead atoms. The molecule has 0 amide bonds. The third kappa shape index (κ3) is 3.64. The monoisotopic (exact) mass is 339 g/mol. The van der Waals surface area contributed by atoms with E-state index >= 15 is 0 Å². The maximum absolute atomic E-state index is 13.9. The molecule has 1 unspecified atom stereocenters. The van der Waals surface area contributed by atoms with Crippen LogP contribution in [0.1, 0.15) is 37.1 Å². The van der Waals surface area contributed by atoms with E-state index in [1.807, 2.05) is 19.9 Å². The van der Waals surface area contributed by atoms with E-state index in [2.05, 4.69) is 21.2 Å². The minimum absolute atomic E-state index is 0.00801. The van der Waals surface area contributed by atoms with Crippen LogP contribution in [0.25, 0.3) is 0 Å². The summed E-state index contributed by atoms with van der Waals surface area (Å²) in [7, 11) is 0. The number of hydrogen-bond donors (Lipinski definition) is 1. The average molecular weight is 340 g/mol. The van der Waals surface area contributed by atoms with E-state index < -0.39 is 0 Å². The Morgan fingerprint density at radius 2 is 1.60 bits per heavy atom. The Balaban J connectivity index is 2.10. The fraction of sp³-hybridized carbons (Fsp3) is 0.250. The van der Waals surface area contributed by atoms with Crippen LogP contribution >= 0.6 is 15.9 Å². The number of benzene rings is 2. The normalized spacial score (nSPS) is 14.1. The second-order valence-electron chi connectivity index (χ2n) is 4.83. The Bertz CT molecular complexity index is 584. The summed E-state index contributed by atoms with van der Waals surface area (Å²) < 4.78 is 27.5. The average Bonchev–Trinajstić information content (AvgIpc) is 2.39. The molecule has 0 aliphatic rings. The van der Waals surface area contributed by atoms with Gasteiger partial charge in [0.15, 0.2) is 0 Å². The van der Waals surface area contributed by atoms with Crippen molar-refractivity contribution in [2.75, 3.05) is 0 Å². The molecule has 0 radical (unpaired) electrons. The summed E-state index contributed by atoms with van der Waals surface area (Å²) in [5.41, 5.74) is 1.58. The summed E-state index contributed by atoms with van der Waals surface area (Å²) >= 11 is 3.24. The second-order valence-corrected chi connectivity index (χ2v) is 5.74. The summed E-state index contributed by atoms with van der Waals surface area (Å²) in [6.45, 7) is 3.88. The van der Waals surface area contributed by atoms with Crippen LogP contribution in [0.15, 0.2) is 46.9 Å². The van der Waals surface area contributed by atoms with Crippen LogP contribution in [0, 0.1) is 11.6 Å². The summed E-state index contributed by atoms with van der Waals surface area (Å²) in [6, 6.07) is 11.2. The molecule has 20 heavy (non-hydrogen) atoms. The number of halogens is 3. The van der Waals surface area contributed by atoms with E-state index in [9.17, 15) is 8.78 Å². The van der Waals surface area contributed by atoms with Crippen LogP contribution < -0.4 is 5.32 Å². The molecule has 0 fully saturated rings. The first-order valence-electron chi connectivity index (χ1n) is 6.44. The van der Waals surface area contributed by atoms with Gasteiger partial charge in [0.2, 0.25) is 0 Å². The van der Waals surface area contributed by atoms with Crippen molar-refractivity contribution in [1.29, 1.82) is 0 Å². The maximum atomic E-state index is 13.9. The molecule has 2 aromatic rings. The van der Waals surface area contributed by atoms with Crippen molar-refractivity contribution in [3.05, 3.63) is 69.7 Å². The van der Waals surface area contributed by atoms with E-state index in [0.29, 0.717) is 5.56 Å². The predicted octanol–water partition coefficient (Wildman–Crippen LogP) is 5.14. The lowest BCUT2D eigenvalue weighted by Crippen LogP contribution is -2.23. The van der Waals surface area contributed by atoms with Gasteiger partial charge in [0, 0.05) is 22.1 Å². The topological polar surface area (TPSA) is 12.0 Å². The van der Waals surface area contributed by atoms with Crippen LogP contribution in [0.2, 0.25) is 0 Å². The zero-order chi connectivity index (χ0) is 14.7. The molecule has 4 heteroatoms. The minimum Gasteiger partial charge on any atom is -0.304 e. The first kappa shape index (κ1) is 15.1. The molecule has 2 aromatic carbocycles. The van der Waals surface area contributed by atoms with Crippen LogP contribution in [0.5, 0.6) is 0 Å². The first-order chi connectivity index (χ1) is 9.47. The van der Waals surface area contributed by atoms with Gasteiger partial charge in [-0.25, -0.2) is 8.78 Å². The van der Waals surface area contributed by atoms with Crippen LogP contribution in [0.4, 0.5) is 8.78 Å². The molecule has 0 aliphatic carbocycles. The molecular weight excluding hydrogens is 324 g/mol. The first-order valence-corrected chi connectivity index (χ1v) is 7.23. The van der Waals surface area contributed by atoms with E-state index in [0.717, 1.165) is 10.0 Å². The molecule has 106 valence electrons. The van der Waals surface area contributed by atoms with Crippen LogP contribution in [-0.4, -0.2) is 0 Å². The van der Waals surface area contributed by atoms with Gasteiger partial charge in [-0.15, -0.1) is 0 Å². The van der Waals surface area contributed by atoms with Crippen LogP contribution in [-0.2, 0) is 0 Å². The van der Waals surface area contributed by atoms with Gasteiger partial charge in [-0.3, -0.25) is 0 Å². The van der Waals surface area contributed by atoms with Crippen molar-refractivity contribution in [1.82, 2.24) is 5.32 Å².